The fourth-order valence-electron chi connectivity index (χ4n) is 2.80. The molecule has 0 bridgehead atoms. The molecular weight excluding hydrogens is 335 g/mol. The first-order valence-corrected chi connectivity index (χ1v) is 8.32. The number of halogens is 1. The number of hydrogen-bond donors (Lipinski definition) is 2. The molecule has 26 heavy (non-hydrogen) atoms. The van der Waals surface area contributed by atoms with E-state index < -0.39 is 5.72 Å². The van der Waals surface area contributed by atoms with E-state index >= 15 is 0 Å². The fraction of sp³-hybridized carbons (Fsp3) is 0.278. The average molecular weight is 354 g/mol. The van der Waals surface area contributed by atoms with Crippen molar-refractivity contribution in [2.75, 3.05) is 5.32 Å². The topological polar surface area (TPSA) is 75.8 Å². The minimum Gasteiger partial charge on any atom is -0.363 e. The minimum absolute atomic E-state index is 0.101. The number of anilines is 1. The third-order valence-corrected chi connectivity index (χ3v) is 4.12. The van der Waals surface area contributed by atoms with Crippen LogP contribution in [0, 0.1) is 5.82 Å². The number of nitrogens with zero attached hydrogens (tertiary/aromatic N) is 4. The Hall–Kier alpha value is -3.00. The van der Waals surface area contributed by atoms with E-state index in [9.17, 15) is 4.39 Å². The number of aromatic nitrogens is 3. The van der Waals surface area contributed by atoms with Crippen molar-refractivity contribution in [3.63, 3.8) is 0 Å². The van der Waals surface area contributed by atoms with E-state index in [2.05, 4.69) is 25.9 Å². The molecule has 0 fully saturated rings. The lowest BCUT2D eigenvalue weighted by atomic mass is 10.1. The van der Waals surface area contributed by atoms with Crippen molar-refractivity contribution in [1.82, 2.24) is 20.1 Å². The molecule has 0 radical (unpaired) electrons. The normalized spacial score (nSPS) is 17.0. The molecule has 0 amide bonds. The zero-order chi connectivity index (χ0) is 18.3. The molecule has 0 saturated carbocycles. The number of nitrogens with one attached hydrogen (secondary N) is 2. The standard InChI is InChI=1S/C18H19FN6O/c1-11(12-5-4-6-13(19)9-12)21-15-7-8-25-17(22-15)14(10-20-25)16-23-18(2,3)26-24-16/h4-11H,1-3H3,(H,21,22)(H,23,24)/t11-/m1/s1. The maximum Gasteiger partial charge on any atom is 0.182 e. The van der Waals surface area contributed by atoms with Gasteiger partial charge in [-0.25, -0.2) is 29.2 Å². The molecule has 2 N–H and O–H groups in total. The molecule has 2 aromatic heterocycles. The van der Waals surface area contributed by atoms with Gasteiger partial charge in [0.2, 0.25) is 0 Å². The number of hydroxylamine groups is 1. The van der Waals surface area contributed by atoms with Crippen LogP contribution in [0.1, 0.15) is 37.9 Å². The van der Waals surface area contributed by atoms with Crippen LogP contribution in [0.2, 0.25) is 0 Å². The fourth-order valence-corrected chi connectivity index (χ4v) is 2.80. The quantitative estimate of drug-likeness (QED) is 0.753. The second-order valence-electron chi connectivity index (χ2n) is 6.67. The molecule has 0 unspecified atom stereocenters. The van der Waals surface area contributed by atoms with Crippen molar-refractivity contribution in [2.45, 2.75) is 32.5 Å². The Kier molecular flexibility index (Phi) is 3.84. The van der Waals surface area contributed by atoms with E-state index in [-0.39, 0.29) is 11.9 Å². The summed E-state index contributed by atoms with van der Waals surface area (Å²) < 4.78 is 15.1. The summed E-state index contributed by atoms with van der Waals surface area (Å²) in [6.07, 6.45) is 3.51. The number of aliphatic imine (C=N–C) groups is 1. The Morgan fingerprint density at radius 1 is 1.31 bits per heavy atom. The van der Waals surface area contributed by atoms with E-state index in [1.54, 1.807) is 16.8 Å². The van der Waals surface area contributed by atoms with Gasteiger partial charge in [0, 0.05) is 6.20 Å². The van der Waals surface area contributed by atoms with Crippen LogP contribution in [0.4, 0.5) is 10.2 Å². The van der Waals surface area contributed by atoms with E-state index in [0.29, 0.717) is 17.3 Å². The van der Waals surface area contributed by atoms with Gasteiger partial charge in [-0.3, -0.25) is 0 Å². The van der Waals surface area contributed by atoms with Crippen molar-refractivity contribution in [3.8, 4) is 0 Å². The maximum atomic E-state index is 13.4. The van der Waals surface area contributed by atoms with Gasteiger partial charge < -0.3 is 5.32 Å². The number of hydrogen-bond acceptors (Lipinski definition) is 6. The van der Waals surface area contributed by atoms with Crippen molar-refractivity contribution in [1.29, 1.82) is 0 Å². The molecule has 0 aliphatic carbocycles. The summed E-state index contributed by atoms with van der Waals surface area (Å²) in [5.74, 6) is 0.994. The van der Waals surface area contributed by atoms with Crippen molar-refractivity contribution in [3.05, 3.63) is 59.7 Å². The molecule has 8 heteroatoms. The summed E-state index contributed by atoms with van der Waals surface area (Å²) in [7, 11) is 0. The van der Waals surface area contributed by atoms with Crippen LogP contribution in [-0.2, 0) is 4.84 Å². The zero-order valence-electron chi connectivity index (χ0n) is 14.7. The lowest BCUT2D eigenvalue weighted by Crippen LogP contribution is -2.23. The summed E-state index contributed by atoms with van der Waals surface area (Å²) in [4.78, 5) is 14.5. The zero-order valence-corrected chi connectivity index (χ0v) is 14.7. The van der Waals surface area contributed by atoms with Gasteiger partial charge in [-0.1, -0.05) is 12.1 Å². The van der Waals surface area contributed by atoms with Crippen LogP contribution in [0.15, 0.2) is 47.7 Å². The van der Waals surface area contributed by atoms with Gasteiger partial charge in [0.05, 0.1) is 17.8 Å². The SMILES string of the molecule is C[C@@H](Nc1ccn2ncc(C3=NC(C)(C)ON3)c2n1)c1cccc(F)c1. The van der Waals surface area contributed by atoms with E-state index in [4.69, 9.17) is 4.84 Å². The van der Waals surface area contributed by atoms with E-state index in [0.717, 1.165) is 11.1 Å². The minimum atomic E-state index is -0.634. The van der Waals surface area contributed by atoms with Gasteiger partial charge in [0.25, 0.3) is 0 Å². The molecular formula is C18H19FN6O. The molecule has 7 nitrogen and oxygen atoms in total. The number of rotatable bonds is 4. The van der Waals surface area contributed by atoms with Crippen LogP contribution in [-0.4, -0.2) is 26.2 Å². The Morgan fingerprint density at radius 2 is 2.15 bits per heavy atom. The summed E-state index contributed by atoms with van der Waals surface area (Å²) in [5, 5.41) is 7.59. The lowest BCUT2D eigenvalue weighted by Gasteiger charge is -2.15. The predicted octanol–water partition coefficient (Wildman–Crippen LogP) is 3.06. The lowest BCUT2D eigenvalue weighted by molar-refractivity contribution is -0.0269. The van der Waals surface area contributed by atoms with Crippen LogP contribution in [0.3, 0.4) is 0 Å². The van der Waals surface area contributed by atoms with Crippen molar-refractivity contribution < 1.29 is 9.23 Å². The highest BCUT2D eigenvalue weighted by atomic mass is 19.1. The monoisotopic (exact) mass is 354 g/mol. The first kappa shape index (κ1) is 16.5. The molecule has 1 atom stereocenters. The third-order valence-electron chi connectivity index (χ3n) is 4.12. The number of amidine groups is 1. The molecule has 3 heterocycles. The summed E-state index contributed by atoms with van der Waals surface area (Å²) in [5.41, 5.74) is 4.43. The highest BCUT2D eigenvalue weighted by Gasteiger charge is 2.28. The maximum absolute atomic E-state index is 13.4. The van der Waals surface area contributed by atoms with Crippen LogP contribution >= 0.6 is 0 Å². The Labute approximate surface area is 149 Å². The first-order chi connectivity index (χ1) is 12.4. The number of benzene rings is 1. The van der Waals surface area contributed by atoms with Gasteiger partial charge >= 0.3 is 0 Å². The molecule has 4 rings (SSSR count). The smallest absolute Gasteiger partial charge is 0.182 e. The molecule has 1 aromatic carbocycles. The second-order valence-corrected chi connectivity index (χ2v) is 6.67. The van der Waals surface area contributed by atoms with Crippen LogP contribution in [0.25, 0.3) is 5.65 Å². The number of fused-ring (bicyclic) bond motifs is 1. The molecule has 134 valence electrons. The third kappa shape index (κ3) is 3.11. The molecule has 1 aliphatic rings. The van der Waals surface area contributed by atoms with Gasteiger partial charge in [0.1, 0.15) is 11.6 Å². The van der Waals surface area contributed by atoms with E-state index in [1.807, 2.05) is 39.1 Å². The highest BCUT2D eigenvalue weighted by Crippen LogP contribution is 2.22. The molecule has 0 spiro atoms. The Balaban J connectivity index is 1.64. The predicted molar refractivity (Wildman–Crippen MR) is 96.3 cm³/mol. The Morgan fingerprint density at radius 3 is 2.88 bits per heavy atom. The van der Waals surface area contributed by atoms with Gasteiger partial charge in [-0.05, 0) is 44.5 Å². The van der Waals surface area contributed by atoms with Gasteiger partial charge in [0.15, 0.2) is 17.2 Å². The highest BCUT2D eigenvalue weighted by molar-refractivity contribution is 6.03. The van der Waals surface area contributed by atoms with Gasteiger partial charge in [-0.2, -0.15) is 5.10 Å². The van der Waals surface area contributed by atoms with E-state index in [1.165, 1.54) is 12.1 Å². The molecule has 1 aliphatic heterocycles. The first-order valence-electron chi connectivity index (χ1n) is 8.32. The molecule has 3 aromatic rings. The largest absolute Gasteiger partial charge is 0.363 e. The summed E-state index contributed by atoms with van der Waals surface area (Å²) in [6, 6.07) is 8.23. The summed E-state index contributed by atoms with van der Waals surface area (Å²) in [6.45, 7) is 5.68. The van der Waals surface area contributed by atoms with Crippen molar-refractivity contribution in [2.24, 2.45) is 4.99 Å². The molecule has 0 saturated heterocycles. The summed E-state index contributed by atoms with van der Waals surface area (Å²) >= 11 is 0. The second kappa shape index (κ2) is 6.06. The van der Waals surface area contributed by atoms with Crippen molar-refractivity contribution >= 4 is 17.3 Å². The average Bonchev–Trinajstić information content (AvgIpc) is 3.17. The van der Waals surface area contributed by atoms with Crippen LogP contribution < -0.4 is 10.8 Å². The Bertz CT molecular complexity index is 996. The van der Waals surface area contributed by atoms with Gasteiger partial charge in [-0.15, -0.1) is 0 Å². The van der Waals surface area contributed by atoms with Crippen LogP contribution in [0.5, 0.6) is 0 Å².